The molecule has 3 heterocycles. The van der Waals surface area contributed by atoms with Crippen molar-refractivity contribution in [3.8, 4) is 11.5 Å². The lowest BCUT2D eigenvalue weighted by molar-refractivity contribution is 0.167. The van der Waals surface area contributed by atoms with Gasteiger partial charge in [-0.2, -0.15) is 0 Å². The van der Waals surface area contributed by atoms with Gasteiger partial charge >= 0.3 is 0 Å². The van der Waals surface area contributed by atoms with E-state index in [4.69, 9.17) is 21.1 Å². The summed E-state index contributed by atoms with van der Waals surface area (Å²) in [5.41, 5.74) is 2.47. The van der Waals surface area contributed by atoms with Crippen molar-refractivity contribution >= 4 is 34.0 Å². The number of fused-ring (bicyclic) bond motifs is 1. The number of hydrogen-bond donors (Lipinski definition) is 2. The number of rotatable bonds is 7. The third-order valence-corrected chi connectivity index (χ3v) is 5.75. The molecule has 1 aliphatic rings. The van der Waals surface area contributed by atoms with Crippen LogP contribution in [0, 0.1) is 0 Å². The van der Waals surface area contributed by atoms with Crippen molar-refractivity contribution in [1.82, 2.24) is 20.3 Å². The first-order valence-corrected chi connectivity index (χ1v) is 11.3. The van der Waals surface area contributed by atoms with Crippen molar-refractivity contribution in [2.75, 3.05) is 18.4 Å². The van der Waals surface area contributed by atoms with Gasteiger partial charge in [0.15, 0.2) is 0 Å². The van der Waals surface area contributed by atoms with Gasteiger partial charge in [0.2, 0.25) is 0 Å². The second-order valence-electron chi connectivity index (χ2n) is 7.87. The molecule has 33 heavy (non-hydrogen) atoms. The van der Waals surface area contributed by atoms with E-state index in [0.717, 1.165) is 54.0 Å². The van der Waals surface area contributed by atoms with Gasteiger partial charge in [-0.1, -0.05) is 17.7 Å². The zero-order chi connectivity index (χ0) is 22.5. The molecule has 1 fully saturated rings. The number of hydrogen-bond acceptors (Lipinski definition) is 7. The van der Waals surface area contributed by atoms with E-state index in [-0.39, 0.29) is 6.10 Å². The van der Waals surface area contributed by atoms with Crippen LogP contribution < -0.4 is 20.1 Å². The third kappa shape index (κ3) is 5.32. The summed E-state index contributed by atoms with van der Waals surface area (Å²) in [5, 5.41) is 8.11. The van der Waals surface area contributed by atoms with Gasteiger partial charge in [-0.3, -0.25) is 4.98 Å². The molecule has 0 saturated carbocycles. The minimum absolute atomic E-state index is 0.176. The highest BCUT2D eigenvalue weighted by molar-refractivity contribution is 6.32. The van der Waals surface area contributed by atoms with Crippen LogP contribution in [0.25, 0.3) is 10.9 Å². The number of ether oxygens (including phenoxy) is 2. The molecule has 0 radical (unpaired) electrons. The highest BCUT2D eigenvalue weighted by Gasteiger charge is 2.15. The number of pyridine rings is 1. The normalized spacial score (nSPS) is 15.8. The number of anilines is 2. The highest BCUT2D eigenvalue weighted by Crippen LogP contribution is 2.32. The van der Waals surface area contributed by atoms with Crippen molar-refractivity contribution in [2.45, 2.75) is 25.6 Å². The van der Waals surface area contributed by atoms with Gasteiger partial charge in [-0.15, -0.1) is 0 Å². The number of halogens is 1. The summed E-state index contributed by atoms with van der Waals surface area (Å²) in [6.07, 6.45) is 5.63. The second kappa shape index (κ2) is 10.0. The summed E-state index contributed by atoms with van der Waals surface area (Å²) in [4.78, 5) is 13.1. The fourth-order valence-corrected chi connectivity index (χ4v) is 4.02. The van der Waals surface area contributed by atoms with E-state index in [1.165, 1.54) is 0 Å². The van der Waals surface area contributed by atoms with Gasteiger partial charge < -0.3 is 20.1 Å². The summed E-state index contributed by atoms with van der Waals surface area (Å²) in [6, 6.07) is 17.2. The zero-order valence-electron chi connectivity index (χ0n) is 18.0. The Labute approximate surface area is 197 Å². The van der Waals surface area contributed by atoms with E-state index in [1.54, 1.807) is 12.5 Å². The quantitative estimate of drug-likeness (QED) is 0.394. The molecular formula is C25H24ClN5O2. The summed E-state index contributed by atoms with van der Waals surface area (Å²) >= 11 is 6.47. The topological polar surface area (TPSA) is 81.2 Å². The van der Waals surface area contributed by atoms with Gasteiger partial charge in [0.05, 0.1) is 16.2 Å². The van der Waals surface area contributed by atoms with Gasteiger partial charge in [0.1, 0.15) is 36.4 Å². The number of benzene rings is 2. The van der Waals surface area contributed by atoms with Crippen molar-refractivity contribution < 1.29 is 9.47 Å². The fraction of sp³-hybridized carbons (Fsp3) is 0.240. The number of nitrogens with one attached hydrogen (secondary N) is 2. The molecule has 0 unspecified atom stereocenters. The minimum atomic E-state index is 0.176. The Morgan fingerprint density at radius 1 is 1.06 bits per heavy atom. The average molecular weight is 462 g/mol. The Hall–Kier alpha value is -3.42. The lowest BCUT2D eigenvalue weighted by Gasteiger charge is -2.24. The Morgan fingerprint density at radius 2 is 2.03 bits per heavy atom. The average Bonchev–Trinajstić information content (AvgIpc) is 2.85. The molecule has 2 N–H and O–H groups in total. The predicted molar refractivity (Wildman–Crippen MR) is 129 cm³/mol. The molecule has 8 heteroatoms. The summed E-state index contributed by atoms with van der Waals surface area (Å²) in [7, 11) is 0. The Balaban J connectivity index is 1.32. The van der Waals surface area contributed by atoms with Crippen LogP contribution in [0.4, 0.5) is 11.5 Å². The first kappa shape index (κ1) is 21.4. The van der Waals surface area contributed by atoms with Crippen LogP contribution in [-0.2, 0) is 6.61 Å². The lowest BCUT2D eigenvalue weighted by Crippen LogP contribution is -2.37. The Bertz CT molecular complexity index is 1230. The van der Waals surface area contributed by atoms with Crippen LogP contribution in [0.5, 0.6) is 11.5 Å². The van der Waals surface area contributed by atoms with Crippen LogP contribution in [0.15, 0.2) is 67.1 Å². The smallest absolute Gasteiger partial charge is 0.141 e. The van der Waals surface area contributed by atoms with Crippen LogP contribution in [0.1, 0.15) is 18.5 Å². The summed E-state index contributed by atoms with van der Waals surface area (Å²) in [6.45, 7) is 2.26. The molecule has 0 amide bonds. The van der Waals surface area contributed by atoms with E-state index in [0.29, 0.717) is 23.2 Å². The first-order chi connectivity index (χ1) is 16.2. The molecule has 2 aromatic carbocycles. The van der Waals surface area contributed by atoms with E-state index >= 15 is 0 Å². The molecule has 4 aromatic rings. The first-order valence-electron chi connectivity index (χ1n) is 11.0. The summed E-state index contributed by atoms with van der Waals surface area (Å²) in [5.74, 6) is 2.09. The molecule has 5 rings (SSSR count). The monoisotopic (exact) mass is 461 g/mol. The lowest BCUT2D eigenvalue weighted by atomic mass is 10.1. The molecule has 0 aliphatic carbocycles. The third-order valence-electron chi connectivity index (χ3n) is 5.46. The molecule has 2 aromatic heterocycles. The molecule has 1 saturated heterocycles. The van der Waals surface area contributed by atoms with Crippen molar-refractivity contribution in [1.29, 1.82) is 0 Å². The van der Waals surface area contributed by atoms with Crippen LogP contribution in [-0.4, -0.2) is 34.1 Å². The van der Waals surface area contributed by atoms with E-state index in [9.17, 15) is 0 Å². The largest absolute Gasteiger partial charge is 0.489 e. The summed E-state index contributed by atoms with van der Waals surface area (Å²) < 4.78 is 12.0. The van der Waals surface area contributed by atoms with E-state index in [1.807, 2.05) is 54.6 Å². The Kier molecular flexibility index (Phi) is 6.51. The minimum Gasteiger partial charge on any atom is -0.489 e. The van der Waals surface area contributed by atoms with Gasteiger partial charge in [-0.05, 0) is 67.9 Å². The zero-order valence-corrected chi connectivity index (χ0v) is 18.8. The second-order valence-corrected chi connectivity index (χ2v) is 8.27. The number of piperidine rings is 1. The van der Waals surface area contributed by atoms with Crippen molar-refractivity contribution in [3.63, 3.8) is 0 Å². The molecule has 168 valence electrons. The predicted octanol–water partition coefficient (Wildman–Crippen LogP) is 5.13. The van der Waals surface area contributed by atoms with Crippen LogP contribution in [0.3, 0.4) is 0 Å². The number of aromatic nitrogens is 3. The van der Waals surface area contributed by atoms with Crippen LogP contribution >= 0.6 is 11.6 Å². The van der Waals surface area contributed by atoms with E-state index in [2.05, 4.69) is 25.6 Å². The standard InChI is InChI=1S/C25H24ClN5O2/c26-22-12-17(6-9-24(22)32-15-18-4-1-2-11-28-18)31-25-21-13-19(7-8-23(21)29-16-30-25)33-20-5-3-10-27-14-20/h1-2,4,6-9,11-13,16,20,27H,3,5,10,14-15H2,(H,29,30,31)/t20-/m0/s1. The van der Waals surface area contributed by atoms with Gasteiger partial charge in [0.25, 0.3) is 0 Å². The maximum atomic E-state index is 6.47. The fourth-order valence-electron chi connectivity index (χ4n) is 3.79. The highest BCUT2D eigenvalue weighted by atomic mass is 35.5. The number of nitrogens with zero attached hydrogens (tertiary/aromatic N) is 3. The molecular weight excluding hydrogens is 438 g/mol. The van der Waals surface area contributed by atoms with E-state index < -0.39 is 0 Å². The van der Waals surface area contributed by atoms with Gasteiger partial charge in [0, 0.05) is 23.8 Å². The molecule has 0 spiro atoms. The van der Waals surface area contributed by atoms with Crippen LogP contribution in [0.2, 0.25) is 5.02 Å². The van der Waals surface area contributed by atoms with Gasteiger partial charge in [-0.25, -0.2) is 9.97 Å². The maximum Gasteiger partial charge on any atom is 0.141 e. The molecule has 7 nitrogen and oxygen atoms in total. The van der Waals surface area contributed by atoms with Crippen molar-refractivity contribution in [3.05, 3.63) is 77.8 Å². The Morgan fingerprint density at radius 3 is 2.85 bits per heavy atom. The maximum absolute atomic E-state index is 6.47. The molecule has 0 bridgehead atoms. The van der Waals surface area contributed by atoms with Crippen molar-refractivity contribution in [2.24, 2.45) is 0 Å². The SMILES string of the molecule is Clc1cc(Nc2ncnc3ccc(O[C@H]4CCCNC4)cc23)ccc1OCc1ccccn1. The molecule has 1 atom stereocenters. The molecule has 1 aliphatic heterocycles.